The molecule has 0 radical (unpaired) electrons. The fraction of sp³-hybridized carbons (Fsp3) is 0.435. The van der Waals surface area contributed by atoms with E-state index in [1.54, 1.807) is 19.1 Å². The monoisotopic (exact) mass is 523 g/mol. The lowest BCUT2D eigenvalue weighted by molar-refractivity contribution is -0.143. The number of esters is 1. The van der Waals surface area contributed by atoms with E-state index in [1.165, 1.54) is 51.4 Å². The van der Waals surface area contributed by atoms with E-state index in [0.29, 0.717) is 30.9 Å². The number of thioether (sulfide) groups is 1. The van der Waals surface area contributed by atoms with E-state index in [2.05, 4.69) is 4.40 Å². The van der Waals surface area contributed by atoms with Crippen molar-refractivity contribution in [1.82, 2.24) is 9.13 Å². The first-order chi connectivity index (χ1) is 16.1. The van der Waals surface area contributed by atoms with E-state index in [4.69, 9.17) is 4.74 Å². The zero-order chi connectivity index (χ0) is 25.0. The average molecular weight is 524 g/mol. The van der Waals surface area contributed by atoms with Gasteiger partial charge in [0.2, 0.25) is 0 Å². The van der Waals surface area contributed by atoms with Gasteiger partial charge in [-0.15, -0.1) is 27.5 Å². The molecule has 184 valence electrons. The molecule has 0 unspecified atom stereocenters. The van der Waals surface area contributed by atoms with Crippen LogP contribution in [0.2, 0.25) is 0 Å². The van der Waals surface area contributed by atoms with Crippen LogP contribution in [0.1, 0.15) is 42.3 Å². The minimum atomic E-state index is -4.02. The molecule has 1 aromatic rings. The Hall–Kier alpha value is -2.37. The molecular weight excluding hydrogens is 494 g/mol. The van der Waals surface area contributed by atoms with Gasteiger partial charge >= 0.3 is 11.7 Å². The summed E-state index contributed by atoms with van der Waals surface area (Å²) in [6, 6.07) is 6.46. The second-order valence-corrected chi connectivity index (χ2v) is 12.1. The molecular formula is C23H29N3O5S3. The maximum atomic E-state index is 13.1. The molecule has 0 bridgehead atoms. The van der Waals surface area contributed by atoms with Crippen LogP contribution in [0.4, 0.5) is 0 Å². The largest absolute Gasteiger partial charge is 0.466 e. The quantitative estimate of drug-likeness (QED) is 0.241. The first-order valence-corrected chi connectivity index (χ1v) is 14.2. The molecule has 2 aliphatic heterocycles. The first kappa shape index (κ1) is 26.2. The number of fused-ring (bicyclic) bond motifs is 1. The lowest BCUT2D eigenvalue weighted by Gasteiger charge is -2.13. The van der Waals surface area contributed by atoms with Crippen LogP contribution >= 0.6 is 23.1 Å². The van der Waals surface area contributed by atoms with Crippen molar-refractivity contribution in [3.63, 3.8) is 0 Å². The number of ether oxygens (including phenoxy) is 1. The van der Waals surface area contributed by atoms with Crippen LogP contribution in [0.25, 0.3) is 5.69 Å². The van der Waals surface area contributed by atoms with Crippen molar-refractivity contribution in [2.75, 3.05) is 12.4 Å². The number of aromatic nitrogens is 2. The predicted molar refractivity (Wildman–Crippen MR) is 135 cm³/mol. The van der Waals surface area contributed by atoms with Crippen LogP contribution in [-0.4, -0.2) is 35.9 Å². The number of aryl methyl sites for hydroxylation is 2. The van der Waals surface area contributed by atoms with E-state index in [0.717, 1.165) is 26.8 Å². The Morgan fingerprint density at radius 3 is 2.47 bits per heavy atom. The maximum Gasteiger partial charge on any atom is 0.334 e. The highest BCUT2D eigenvalue weighted by Gasteiger charge is 2.24. The van der Waals surface area contributed by atoms with Crippen LogP contribution < -0.4 is 11.2 Å². The Kier molecular flexibility index (Phi) is 8.43. The van der Waals surface area contributed by atoms with Crippen LogP contribution in [0.3, 0.4) is 0 Å². The summed E-state index contributed by atoms with van der Waals surface area (Å²) < 4.78 is 38.8. The number of nitrogens with zero attached hydrogens (tertiary/aromatic N) is 3. The molecule has 2 heterocycles. The first-order valence-electron chi connectivity index (χ1n) is 10.9. The highest BCUT2D eigenvalue weighted by Crippen LogP contribution is 2.33. The number of hydrogen-bond acceptors (Lipinski definition) is 7. The number of sulfonamides is 1. The summed E-state index contributed by atoms with van der Waals surface area (Å²) >= 11 is 3.05. The van der Waals surface area contributed by atoms with Gasteiger partial charge in [-0.25, -0.2) is 4.79 Å². The predicted octanol–water partition coefficient (Wildman–Crippen LogP) is 3.72. The number of imidazole rings is 1. The molecule has 11 heteroatoms. The number of rotatable bonds is 9. The van der Waals surface area contributed by atoms with Gasteiger partial charge in [-0.2, -0.15) is 8.42 Å². The van der Waals surface area contributed by atoms with Gasteiger partial charge in [-0.3, -0.25) is 13.9 Å². The fourth-order valence-corrected chi connectivity index (χ4v) is 6.89. The van der Waals surface area contributed by atoms with Gasteiger partial charge in [0, 0.05) is 24.0 Å². The highest BCUT2D eigenvalue weighted by atomic mass is 32.2. The third kappa shape index (κ3) is 5.64. The minimum Gasteiger partial charge on any atom is -0.466 e. The van der Waals surface area contributed by atoms with Crippen LogP contribution in [-0.2, 0) is 26.6 Å². The van der Waals surface area contributed by atoms with Gasteiger partial charge in [-0.05, 0) is 58.4 Å². The Morgan fingerprint density at radius 2 is 1.82 bits per heavy atom. The van der Waals surface area contributed by atoms with Gasteiger partial charge < -0.3 is 4.74 Å². The minimum absolute atomic E-state index is 0.0746. The van der Waals surface area contributed by atoms with E-state index in [1.807, 2.05) is 20.8 Å². The Labute approximate surface area is 207 Å². The van der Waals surface area contributed by atoms with Gasteiger partial charge in [0.05, 0.1) is 15.7 Å². The lowest BCUT2D eigenvalue weighted by atomic mass is 10.2. The second-order valence-electron chi connectivity index (χ2n) is 7.87. The van der Waals surface area contributed by atoms with Crippen LogP contribution in [0.15, 0.2) is 42.6 Å². The SMILES string of the molecule is CCOC(=O)CCCCSc1sc(C)c(C)n2c(=O)n(C)c(=NS(=O)(=O)c3ccc(C)cc3)c1-2. The van der Waals surface area contributed by atoms with E-state index in [-0.39, 0.29) is 22.0 Å². The summed E-state index contributed by atoms with van der Waals surface area (Å²) in [6.45, 7) is 7.80. The topological polar surface area (TPSA) is 99.7 Å². The van der Waals surface area contributed by atoms with Gasteiger partial charge in [0.25, 0.3) is 10.0 Å². The molecule has 0 fully saturated rings. The second kappa shape index (κ2) is 10.9. The molecule has 0 N–H and O–H groups in total. The summed E-state index contributed by atoms with van der Waals surface area (Å²) in [7, 11) is -2.48. The fourth-order valence-electron chi connectivity index (χ4n) is 3.36. The zero-order valence-corrected chi connectivity index (χ0v) is 22.4. The van der Waals surface area contributed by atoms with E-state index in [9.17, 15) is 18.0 Å². The normalized spacial score (nSPS) is 12.4. The maximum absolute atomic E-state index is 13.1. The van der Waals surface area contributed by atoms with Crippen LogP contribution in [0, 0.1) is 20.8 Å². The van der Waals surface area contributed by atoms with Gasteiger partial charge in [0.15, 0.2) is 5.49 Å². The number of benzene rings is 1. The summed E-state index contributed by atoms with van der Waals surface area (Å²) in [4.78, 5) is 25.7. The van der Waals surface area contributed by atoms with Crippen molar-refractivity contribution in [1.29, 1.82) is 0 Å². The standard InChI is InChI=1S/C23H29N3O5S3/c1-6-31-19(27)9-7-8-14-32-22-20-21(24-34(29,30)18-12-10-15(2)11-13-18)25(5)23(28)26(20)16(3)17(4)33-22/h10-13H,6-9,14H2,1-5H3. The lowest BCUT2D eigenvalue weighted by Crippen LogP contribution is -2.25. The molecule has 34 heavy (non-hydrogen) atoms. The van der Waals surface area contributed by atoms with Gasteiger partial charge in [0.1, 0.15) is 5.69 Å². The molecule has 0 aromatic heterocycles. The van der Waals surface area contributed by atoms with Crippen molar-refractivity contribution in [3.8, 4) is 5.69 Å². The molecule has 2 aliphatic rings. The average Bonchev–Trinajstić information content (AvgIpc) is 3.02. The Balaban J connectivity index is 2.02. The molecule has 1 aromatic carbocycles. The third-order valence-electron chi connectivity index (χ3n) is 5.35. The molecule has 3 rings (SSSR count). The third-order valence-corrected chi connectivity index (χ3v) is 9.17. The van der Waals surface area contributed by atoms with Crippen LogP contribution in [0.5, 0.6) is 0 Å². The smallest absolute Gasteiger partial charge is 0.334 e. The molecule has 0 atom stereocenters. The number of carbonyl (C=O) groups is 1. The zero-order valence-electron chi connectivity index (χ0n) is 20.0. The van der Waals surface area contributed by atoms with Crippen molar-refractivity contribution in [3.05, 3.63) is 56.4 Å². The molecule has 8 nitrogen and oxygen atoms in total. The Bertz CT molecular complexity index is 1380. The van der Waals surface area contributed by atoms with Crippen molar-refractivity contribution in [2.45, 2.75) is 56.1 Å². The molecule has 0 amide bonds. The Morgan fingerprint density at radius 1 is 1.15 bits per heavy atom. The van der Waals surface area contributed by atoms with Crippen molar-refractivity contribution < 1.29 is 17.9 Å². The highest BCUT2D eigenvalue weighted by molar-refractivity contribution is 8.01. The summed E-state index contributed by atoms with van der Waals surface area (Å²) in [5.74, 6) is 0.502. The van der Waals surface area contributed by atoms with Crippen molar-refractivity contribution >= 4 is 39.1 Å². The summed E-state index contributed by atoms with van der Waals surface area (Å²) in [6.07, 6.45) is 1.83. The van der Waals surface area contributed by atoms with E-state index < -0.39 is 10.0 Å². The number of unbranched alkanes of at least 4 members (excludes halogenated alkanes) is 1. The van der Waals surface area contributed by atoms with Gasteiger partial charge in [-0.1, -0.05) is 17.7 Å². The molecule has 0 saturated carbocycles. The van der Waals surface area contributed by atoms with Crippen molar-refractivity contribution in [2.24, 2.45) is 11.4 Å². The molecule has 0 spiro atoms. The molecule has 0 aliphatic carbocycles. The molecule has 0 saturated heterocycles. The summed E-state index contributed by atoms with van der Waals surface area (Å²) in [5.41, 5.74) is 1.95. The van der Waals surface area contributed by atoms with E-state index >= 15 is 0 Å². The number of carbonyl (C=O) groups excluding carboxylic acids is 1. The number of hydrogen-bond donors (Lipinski definition) is 0. The summed E-state index contributed by atoms with van der Waals surface area (Å²) in [5, 5.41) is 0.